The molecule has 1 aromatic rings. The molecule has 0 bridgehead atoms. The van der Waals surface area contributed by atoms with Crippen LogP contribution < -0.4 is 15.4 Å². The van der Waals surface area contributed by atoms with Gasteiger partial charge in [0.15, 0.2) is 0 Å². The predicted molar refractivity (Wildman–Crippen MR) is 84.7 cm³/mol. The van der Waals surface area contributed by atoms with Crippen molar-refractivity contribution in [1.82, 2.24) is 10.6 Å². The Balaban J connectivity index is 2.44. The van der Waals surface area contributed by atoms with Crippen LogP contribution in [-0.4, -0.2) is 30.8 Å². The lowest BCUT2D eigenvalue weighted by molar-refractivity contribution is -0.119. The van der Waals surface area contributed by atoms with Gasteiger partial charge in [0, 0.05) is 11.4 Å². The molecule has 21 heavy (non-hydrogen) atoms. The van der Waals surface area contributed by atoms with Crippen LogP contribution in [0.15, 0.2) is 29.2 Å². The van der Waals surface area contributed by atoms with E-state index in [1.54, 1.807) is 14.0 Å². The highest BCUT2D eigenvalue weighted by Crippen LogP contribution is 2.25. The molecule has 1 rings (SSSR count). The van der Waals surface area contributed by atoms with Gasteiger partial charge in [0.2, 0.25) is 5.91 Å². The molecule has 6 heteroatoms. The molecule has 0 spiro atoms. The van der Waals surface area contributed by atoms with Crippen LogP contribution in [0.4, 0.5) is 4.79 Å². The van der Waals surface area contributed by atoms with Gasteiger partial charge in [-0.2, -0.15) is 0 Å². The van der Waals surface area contributed by atoms with Crippen molar-refractivity contribution < 1.29 is 14.3 Å². The predicted octanol–water partition coefficient (Wildman–Crippen LogP) is 2.66. The van der Waals surface area contributed by atoms with E-state index in [2.05, 4.69) is 10.6 Å². The fourth-order valence-electron chi connectivity index (χ4n) is 1.47. The zero-order valence-electron chi connectivity index (χ0n) is 12.8. The molecule has 0 fully saturated rings. The van der Waals surface area contributed by atoms with Gasteiger partial charge < -0.3 is 10.1 Å². The lowest BCUT2D eigenvalue weighted by atomic mass is 10.2. The van der Waals surface area contributed by atoms with Gasteiger partial charge in [0.1, 0.15) is 5.75 Å². The Labute approximate surface area is 129 Å². The summed E-state index contributed by atoms with van der Waals surface area (Å²) in [6.07, 6.45) is 0. The number of urea groups is 1. The highest BCUT2D eigenvalue weighted by Gasteiger charge is 2.17. The number of thioether (sulfide) groups is 1. The summed E-state index contributed by atoms with van der Waals surface area (Å²) >= 11 is 1.39. The minimum atomic E-state index is -0.448. The van der Waals surface area contributed by atoms with Gasteiger partial charge in [0.25, 0.3) is 0 Å². The summed E-state index contributed by atoms with van der Waals surface area (Å²) in [6, 6.07) is 6.99. The van der Waals surface area contributed by atoms with Gasteiger partial charge in [-0.05, 0) is 37.1 Å². The molecule has 116 valence electrons. The minimum absolute atomic E-state index is 0.308. The summed E-state index contributed by atoms with van der Waals surface area (Å²) in [6.45, 7) is 6.29. The number of hydrogen-bond donors (Lipinski definition) is 2. The Morgan fingerprint density at radius 2 is 1.81 bits per heavy atom. The van der Waals surface area contributed by atoms with Gasteiger partial charge >= 0.3 is 6.03 Å². The van der Waals surface area contributed by atoms with Crippen LogP contribution in [0.5, 0.6) is 5.75 Å². The van der Waals surface area contributed by atoms with E-state index < -0.39 is 6.03 Å². The second-order valence-corrected chi connectivity index (χ2v) is 6.44. The highest BCUT2D eigenvalue weighted by atomic mass is 32.2. The first kappa shape index (κ1) is 17.4. The maximum Gasteiger partial charge on any atom is 0.321 e. The van der Waals surface area contributed by atoms with Crippen molar-refractivity contribution in [3.05, 3.63) is 24.3 Å². The molecule has 0 saturated heterocycles. The molecule has 0 aliphatic heterocycles. The van der Waals surface area contributed by atoms with Crippen LogP contribution in [0.1, 0.15) is 20.8 Å². The lowest BCUT2D eigenvalue weighted by Crippen LogP contribution is -2.43. The largest absolute Gasteiger partial charge is 0.497 e. The van der Waals surface area contributed by atoms with Gasteiger partial charge in [-0.15, -0.1) is 11.8 Å². The number of nitrogens with one attached hydrogen (secondary N) is 2. The third-order valence-electron chi connectivity index (χ3n) is 2.65. The number of rotatable bonds is 6. The number of methoxy groups -OCH3 is 1. The van der Waals surface area contributed by atoms with Crippen molar-refractivity contribution in [2.45, 2.75) is 30.9 Å². The molecule has 1 atom stereocenters. The van der Waals surface area contributed by atoms with Crippen LogP contribution in [0.3, 0.4) is 0 Å². The highest BCUT2D eigenvalue weighted by molar-refractivity contribution is 8.00. The number of imide groups is 1. The fraction of sp³-hybridized carbons (Fsp3) is 0.467. The van der Waals surface area contributed by atoms with E-state index in [0.29, 0.717) is 12.5 Å². The average molecular weight is 310 g/mol. The molecular formula is C15H22N2O3S. The third-order valence-corrected chi connectivity index (χ3v) is 3.76. The second kappa shape index (κ2) is 8.56. The average Bonchev–Trinajstić information content (AvgIpc) is 2.45. The Hall–Kier alpha value is -1.69. The van der Waals surface area contributed by atoms with Crippen LogP contribution >= 0.6 is 11.8 Å². The summed E-state index contributed by atoms with van der Waals surface area (Å²) < 4.78 is 5.08. The monoisotopic (exact) mass is 310 g/mol. The van der Waals surface area contributed by atoms with E-state index in [1.807, 2.05) is 38.1 Å². The standard InChI is InChI=1S/C15H22N2O3S/c1-10(2)9-16-15(19)17-14(18)11(3)21-13-7-5-12(20-4)6-8-13/h5-8,10-11H,9H2,1-4H3,(H2,16,17,18,19). The topological polar surface area (TPSA) is 67.4 Å². The molecule has 0 saturated carbocycles. The van der Waals surface area contributed by atoms with Crippen molar-refractivity contribution in [2.24, 2.45) is 5.92 Å². The van der Waals surface area contributed by atoms with Crippen molar-refractivity contribution >= 4 is 23.7 Å². The Bertz CT molecular complexity index is 474. The Morgan fingerprint density at radius 3 is 2.33 bits per heavy atom. The number of carbonyl (C=O) groups is 2. The first-order valence-electron chi connectivity index (χ1n) is 6.81. The summed E-state index contributed by atoms with van der Waals surface area (Å²) in [5, 5.41) is 4.64. The van der Waals surface area contributed by atoms with E-state index in [1.165, 1.54) is 11.8 Å². The summed E-state index contributed by atoms with van der Waals surface area (Å²) in [5.41, 5.74) is 0. The second-order valence-electron chi connectivity index (χ2n) is 5.03. The van der Waals surface area contributed by atoms with Crippen LogP contribution in [0.25, 0.3) is 0 Å². The zero-order chi connectivity index (χ0) is 15.8. The molecule has 0 aromatic heterocycles. The molecule has 0 aliphatic rings. The molecular weight excluding hydrogens is 288 g/mol. The summed E-state index contributed by atoms with van der Waals surface area (Å²) in [7, 11) is 1.61. The quantitative estimate of drug-likeness (QED) is 0.793. The van der Waals surface area contributed by atoms with Crippen LogP contribution in [-0.2, 0) is 4.79 Å². The summed E-state index contributed by atoms with van der Waals surface area (Å²) in [4.78, 5) is 24.4. The Morgan fingerprint density at radius 1 is 1.19 bits per heavy atom. The summed E-state index contributed by atoms with van der Waals surface area (Å²) in [5.74, 6) is 0.804. The van der Waals surface area contributed by atoms with Gasteiger partial charge in [-0.3, -0.25) is 10.1 Å². The van der Waals surface area contributed by atoms with E-state index in [-0.39, 0.29) is 11.2 Å². The molecule has 3 amide bonds. The zero-order valence-corrected chi connectivity index (χ0v) is 13.6. The molecule has 0 radical (unpaired) electrons. The lowest BCUT2D eigenvalue weighted by Gasteiger charge is -2.13. The number of amides is 3. The third kappa shape index (κ3) is 6.53. The molecule has 5 nitrogen and oxygen atoms in total. The first-order valence-corrected chi connectivity index (χ1v) is 7.69. The fourth-order valence-corrected chi connectivity index (χ4v) is 2.33. The van der Waals surface area contributed by atoms with Gasteiger partial charge in [0.05, 0.1) is 12.4 Å². The van der Waals surface area contributed by atoms with E-state index in [9.17, 15) is 9.59 Å². The Kier molecular flexibility index (Phi) is 7.08. The van der Waals surface area contributed by atoms with Gasteiger partial charge in [-0.25, -0.2) is 4.79 Å². The van der Waals surface area contributed by atoms with Crippen LogP contribution in [0.2, 0.25) is 0 Å². The maximum absolute atomic E-state index is 11.9. The minimum Gasteiger partial charge on any atom is -0.497 e. The number of carbonyl (C=O) groups excluding carboxylic acids is 2. The molecule has 0 aliphatic carbocycles. The van der Waals surface area contributed by atoms with E-state index in [4.69, 9.17) is 4.74 Å². The normalized spacial score (nSPS) is 11.9. The molecule has 1 aromatic carbocycles. The number of benzene rings is 1. The molecule has 0 heterocycles. The number of hydrogen-bond acceptors (Lipinski definition) is 4. The van der Waals surface area contributed by atoms with Crippen LogP contribution in [0, 0.1) is 5.92 Å². The van der Waals surface area contributed by atoms with Crippen molar-refractivity contribution in [2.75, 3.05) is 13.7 Å². The van der Waals surface area contributed by atoms with Crippen molar-refractivity contribution in [3.63, 3.8) is 0 Å². The molecule has 2 N–H and O–H groups in total. The van der Waals surface area contributed by atoms with Crippen molar-refractivity contribution in [1.29, 1.82) is 0 Å². The smallest absolute Gasteiger partial charge is 0.321 e. The van der Waals surface area contributed by atoms with Crippen molar-refractivity contribution in [3.8, 4) is 5.75 Å². The SMILES string of the molecule is COc1ccc(SC(C)C(=O)NC(=O)NCC(C)C)cc1. The first-order chi connectivity index (χ1) is 9.92. The van der Waals surface area contributed by atoms with E-state index in [0.717, 1.165) is 10.6 Å². The number of ether oxygens (including phenoxy) is 1. The maximum atomic E-state index is 11.9. The van der Waals surface area contributed by atoms with E-state index >= 15 is 0 Å². The van der Waals surface area contributed by atoms with Gasteiger partial charge in [-0.1, -0.05) is 13.8 Å². The molecule has 1 unspecified atom stereocenters.